The van der Waals surface area contributed by atoms with Gasteiger partial charge in [0, 0.05) is 17.2 Å². The standard InChI is InChI=1S/C13H14BrN3O3S/c1-3-4-17-6-8(14)5-9(17)11(18)15-12-10(13(19)20)7(2)16-21-12/h5-6H,3-4H2,1-2H3,(H,15,18)(H,19,20). The van der Waals surface area contributed by atoms with E-state index in [1.165, 1.54) is 0 Å². The fourth-order valence-corrected chi connectivity index (χ4v) is 3.21. The molecule has 0 saturated heterocycles. The van der Waals surface area contributed by atoms with E-state index in [1.54, 1.807) is 13.0 Å². The van der Waals surface area contributed by atoms with Crippen molar-refractivity contribution in [3.05, 3.63) is 33.7 Å². The number of carboxylic acid groups (broad SMARTS) is 1. The van der Waals surface area contributed by atoms with Gasteiger partial charge in [-0.1, -0.05) is 6.92 Å². The SMILES string of the molecule is CCCn1cc(Br)cc1C(=O)Nc1snc(C)c1C(=O)O. The van der Waals surface area contributed by atoms with Crippen LogP contribution < -0.4 is 5.32 Å². The molecule has 0 aromatic carbocycles. The molecule has 2 heterocycles. The van der Waals surface area contributed by atoms with Crippen LogP contribution in [-0.2, 0) is 6.54 Å². The highest BCUT2D eigenvalue weighted by Crippen LogP contribution is 2.25. The fourth-order valence-electron chi connectivity index (χ4n) is 1.97. The van der Waals surface area contributed by atoms with E-state index in [9.17, 15) is 9.59 Å². The Hall–Kier alpha value is -1.67. The minimum atomic E-state index is -1.10. The summed E-state index contributed by atoms with van der Waals surface area (Å²) in [5.74, 6) is -1.44. The number of amides is 1. The summed E-state index contributed by atoms with van der Waals surface area (Å²) in [6, 6.07) is 1.71. The first kappa shape index (κ1) is 15.7. The molecule has 0 spiro atoms. The zero-order chi connectivity index (χ0) is 15.6. The highest BCUT2D eigenvalue weighted by molar-refractivity contribution is 9.10. The second-order valence-corrected chi connectivity index (χ2v) is 6.16. The first-order chi connectivity index (χ1) is 9.93. The number of carbonyl (C=O) groups excluding carboxylic acids is 1. The number of halogens is 1. The summed E-state index contributed by atoms with van der Waals surface area (Å²) in [6.07, 6.45) is 2.72. The van der Waals surface area contributed by atoms with Crippen LogP contribution in [0.2, 0.25) is 0 Å². The lowest BCUT2D eigenvalue weighted by Crippen LogP contribution is -2.17. The van der Waals surface area contributed by atoms with Crippen LogP contribution in [0.4, 0.5) is 5.00 Å². The molecule has 0 aliphatic rings. The van der Waals surface area contributed by atoms with Gasteiger partial charge in [-0.05, 0) is 46.9 Å². The van der Waals surface area contributed by atoms with Crippen molar-refractivity contribution in [2.45, 2.75) is 26.8 Å². The molecule has 21 heavy (non-hydrogen) atoms. The van der Waals surface area contributed by atoms with Gasteiger partial charge in [0.25, 0.3) is 5.91 Å². The van der Waals surface area contributed by atoms with E-state index < -0.39 is 5.97 Å². The van der Waals surface area contributed by atoms with E-state index in [0.717, 1.165) is 22.4 Å². The van der Waals surface area contributed by atoms with Crippen LogP contribution >= 0.6 is 27.5 Å². The lowest BCUT2D eigenvalue weighted by molar-refractivity contribution is 0.0697. The predicted octanol–water partition coefficient (Wildman–Crippen LogP) is 3.38. The van der Waals surface area contributed by atoms with Crippen LogP contribution in [0.3, 0.4) is 0 Å². The van der Waals surface area contributed by atoms with Gasteiger partial charge < -0.3 is 15.0 Å². The van der Waals surface area contributed by atoms with E-state index in [-0.39, 0.29) is 16.5 Å². The average molecular weight is 372 g/mol. The van der Waals surface area contributed by atoms with Crippen LogP contribution in [0.15, 0.2) is 16.7 Å². The number of anilines is 1. The molecule has 0 radical (unpaired) electrons. The molecule has 2 aromatic rings. The van der Waals surface area contributed by atoms with Gasteiger partial charge in [-0.15, -0.1) is 0 Å². The third kappa shape index (κ3) is 3.33. The molecule has 0 saturated carbocycles. The monoisotopic (exact) mass is 371 g/mol. The van der Waals surface area contributed by atoms with Crippen molar-refractivity contribution in [3.63, 3.8) is 0 Å². The quantitative estimate of drug-likeness (QED) is 0.843. The Morgan fingerprint density at radius 1 is 1.52 bits per heavy atom. The Labute approximate surface area is 134 Å². The molecule has 8 heteroatoms. The number of nitrogens with zero attached hydrogens (tertiary/aromatic N) is 2. The van der Waals surface area contributed by atoms with Crippen molar-refractivity contribution in [1.82, 2.24) is 8.94 Å². The van der Waals surface area contributed by atoms with Gasteiger partial charge in [0.15, 0.2) is 0 Å². The summed E-state index contributed by atoms with van der Waals surface area (Å²) in [5, 5.41) is 12.1. The Bertz CT molecular complexity index is 693. The number of aromatic carboxylic acids is 1. The molecule has 0 atom stereocenters. The number of rotatable bonds is 5. The molecular formula is C13H14BrN3O3S. The van der Waals surface area contributed by atoms with Crippen LogP contribution in [-0.4, -0.2) is 25.9 Å². The normalized spacial score (nSPS) is 10.6. The maximum absolute atomic E-state index is 12.3. The number of aromatic nitrogens is 2. The maximum Gasteiger partial charge on any atom is 0.340 e. The number of carboxylic acids is 1. The topological polar surface area (TPSA) is 84.2 Å². The molecule has 0 aliphatic heterocycles. The zero-order valence-electron chi connectivity index (χ0n) is 11.5. The third-order valence-corrected chi connectivity index (χ3v) is 4.15. The largest absolute Gasteiger partial charge is 0.478 e. The third-order valence-electron chi connectivity index (χ3n) is 2.86. The summed E-state index contributed by atoms with van der Waals surface area (Å²) >= 11 is 4.31. The van der Waals surface area contributed by atoms with Gasteiger partial charge in [0.05, 0.1) is 5.69 Å². The van der Waals surface area contributed by atoms with Crippen LogP contribution in [0.5, 0.6) is 0 Å². The zero-order valence-corrected chi connectivity index (χ0v) is 13.9. The van der Waals surface area contributed by atoms with Gasteiger partial charge in [0.2, 0.25) is 0 Å². The molecule has 2 aromatic heterocycles. The van der Waals surface area contributed by atoms with Crippen molar-refractivity contribution in [1.29, 1.82) is 0 Å². The second-order valence-electron chi connectivity index (χ2n) is 4.47. The van der Waals surface area contributed by atoms with E-state index in [2.05, 4.69) is 25.6 Å². The Kier molecular flexibility index (Phi) is 4.79. The van der Waals surface area contributed by atoms with Crippen molar-refractivity contribution >= 4 is 44.3 Å². The van der Waals surface area contributed by atoms with Crippen LogP contribution in [0.25, 0.3) is 0 Å². The van der Waals surface area contributed by atoms with Gasteiger partial charge in [-0.2, -0.15) is 4.37 Å². The Morgan fingerprint density at radius 3 is 2.86 bits per heavy atom. The Morgan fingerprint density at radius 2 is 2.24 bits per heavy atom. The molecule has 112 valence electrons. The summed E-state index contributed by atoms with van der Waals surface area (Å²) in [5.41, 5.74) is 0.917. The van der Waals surface area contributed by atoms with E-state index in [4.69, 9.17) is 5.11 Å². The summed E-state index contributed by atoms with van der Waals surface area (Å²) in [7, 11) is 0. The molecule has 0 fully saturated rings. The van der Waals surface area contributed by atoms with Crippen molar-refractivity contribution in [2.75, 3.05) is 5.32 Å². The van der Waals surface area contributed by atoms with Crippen LogP contribution in [0, 0.1) is 6.92 Å². The number of aryl methyl sites for hydroxylation is 2. The van der Waals surface area contributed by atoms with Gasteiger partial charge in [-0.25, -0.2) is 4.79 Å². The minimum Gasteiger partial charge on any atom is -0.478 e. The first-order valence-electron chi connectivity index (χ1n) is 6.30. The van der Waals surface area contributed by atoms with E-state index in [0.29, 0.717) is 17.9 Å². The van der Waals surface area contributed by atoms with Crippen molar-refractivity contribution < 1.29 is 14.7 Å². The highest BCUT2D eigenvalue weighted by atomic mass is 79.9. The summed E-state index contributed by atoms with van der Waals surface area (Å²) in [4.78, 5) is 23.5. The number of nitrogens with one attached hydrogen (secondary N) is 1. The maximum atomic E-state index is 12.3. The van der Waals surface area contributed by atoms with Crippen LogP contribution in [0.1, 0.15) is 39.9 Å². The van der Waals surface area contributed by atoms with Gasteiger partial charge >= 0.3 is 5.97 Å². The van der Waals surface area contributed by atoms with Gasteiger partial charge in [0.1, 0.15) is 16.3 Å². The molecule has 2 N–H and O–H groups in total. The van der Waals surface area contributed by atoms with E-state index in [1.807, 2.05) is 17.7 Å². The number of hydrogen-bond donors (Lipinski definition) is 2. The lowest BCUT2D eigenvalue weighted by atomic mass is 10.2. The fraction of sp³-hybridized carbons (Fsp3) is 0.308. The summed E-state index contributed by atoms with van der Waals surface area (Å²) in [6.45, 7) is 4.33. The minimum absolute atomic E-state index is 0.0426. The molecular weight excluding hydrogens is 358 g/mol. The molecule has 0 aliphatic carbocycles. The highest BCUT2D eigenvalue weighted by Gasteiger charge is 2.21. The molecule has 0 bridgehead atoms. The molecule has 2 rings (SSSR count). The van der Waals surface area contributed by atoms with Gasteiger partial charge in [-0.3, -0.25) is 4.79 Å². The van der Waals surface area contributed by atoms with E-state index >= 15 is 0 Å². The second kappa shape index (κ2) is 6.40. The molecule has 1 amide bonds. The van der Waals surface area contributed by atoms with Crippen molar-refractivity contribution in [2.24, 2.45) is 0 Å². The molecule has 6 nitrogen and oxygen atoms in total. The number of carbonyl (C=O) groups is 2. The predicted molar refractivity (Wildman–Crippen MR) is 84.2 cm³/mol. The summed E-state index contributed by atoms with van der Waals surface area (Å²) < 4.78 is 6.61. The number of hydrogen-bond acceptors (Lipinski definition) is 4. The Balaban J connectivity index is 2.28. The average Bonchev–Trinajstić information content (AvgIpc) is 2.93. The lowest BCUT2D eigenvalue weighted by Gasteiger charge is -2.07. The van der Waals surface area contributed by atoms with Crippen molar-refractivity contribution in [3.8, 4) is 0 Å². The first-order valence-corrected chi connectivity index (χ1v) is 7.87. The molecule has 0 unspecified atom stereocenters. The smallest absolute Gasteiger partial charge is 0.340 e.